The number of hydrogen-bond donors (Lipinski definition) is 4. The number of benzene rings is 1. The molecule has 164 valence electrons. The van der Waals surface area contributed by atoms with E-state index < -0.39 is 11.9 Å². The molecule has 1 aliphatic rings. The van der Waals surface area contributed by atoms with E-state index in [-0.39, 0.29) is 24.8 Å². The molecule has 5 N–H and O–H groups in total. The molecule has 0 fully saturated rings. The molecular formula is C21H26N6O4. The van der Waals surface area contributed by atoms with Crippen molar-refractivity contribution in [2.24, 2.45) is 22.1 Å². The zero-order valence-electron chi connectivity index (χ0n) is 17.5. The maximum atomic E-state index is 11.2. The first-order chi connectivity index (χ1) is 14.8. The van der Waals surface area contributed by atoms with Gasteiger partial charge < -0.3 is 21.0 Å². The van der Waals surface area contributed by atoms with Gasteiger partial charge in [0.1, 0.15) is 11.6 Å². The summed E-state index contributed by atoms with van der Waals surface area (Å²) < 4.78 is 5.39. The molecule has 1 aromatic heterocycles. The Morgan fingerprint density at radius 2 is 2.10 bits per heavy atom. The van der Waals surface area contributed by atoms with E-state index in [1.807, 2.05) is 50.4 Å². The summed E-state index contributed by atoms with van der Waals surface area (Å²) in [5, 5.41) is 24.8. The van der Waals surface area contributed by atoms with Crippen molar-refractivity contribution in [2.45, 2.75) is 33.1 Å². The number of anilines is 1. The average molecular weight is 426 g/mol. The lowest BCUT2D eigenvalue weighted by Gasteiger charge is -2.18. The van der Waals surface area contributed by atoms with E-state index in [1.54, 1.807) is 0 Å². The number of aromatic nitrogens is 1. The number of amides is 1. The van der Waals surface area contributed by atoms with Crippen LogP contribution in [0.1, 0.15) is 31.9 Å². The van der Waals surface area contributed by atoms with Crippen molar-refractivity contribution in [1.82, 2.24) is 4.98 Å². The smallest absolute Gasteiger partial charge is 0.306 e. The van der Waals surface area contributed by atoms with Crippen LogP contribution in [0.2, 0.25) is 0 Å². The number of amidine groups is 1. The Morgan fingerprint density at radius 3 is 2.71 bits per heavy atom. The van der Waals surface area contributed by atoms with Gasteiger partial charge in [-0.25, -0.2) is 0 Å². The minimum atomic E-state index is -0.904. The number of ether oxygens (including phenoxy) is 1. The second kappa shape index (κ2) is 11.4. The molecule has 0 aliphatic carbocycles. The molecular weight excluding hydrogens is 400 g/mol. The van der Waals surface area contributed by atoms with E-state index >= 15 is 0 Å². The first-order valence-corrected chi connectivity index (χ1v) is 9.75. The van der Waals surface area contributed by atoms with Gasteiger partial charge in [0.05, 0.1) is 11.6 Å². The molecule has 1 aromatic carbocycles. The van der Waals surface area contributed by atoms with Gasteiger partial charge >= 0.3 is 5.97 Å². The Bertz CT molecular complexity index is 959. The first kappa shape index (κ1) is 23.5. The molecule has 1 aliphatic heterocycles. The second-order valence-electron chi connectivity index (χ2n) is 6.93. The number of carbonyl (C=O) groups excluding carboxylic acids is 1. The number of fused-ring (bicyclic) bond motifs is 1. The number of carboxylic acids is 1. The third kappa shape index (κ3) is 7.18. The summed E-state index contributed by atoms with van der Waals surface area (Å²) in [5.41, 5.74) is 3.76. The van der Waals surface area contributed by atoms with Crippen LogP contribution < -0.4 is 15.9 Å². The fraction of sp³-hybridized carbons (Fsp3) is 0.333. The molecule has 0 saturated carbocycles. The highest BCUT2D eigenvalue weighted by Crippen LogP contribution is 2.32. The van der Waals surface area contributed by atoms with Crippen molar-refractivity contribution < 1.29 is 19.4 Å². The van der Waals surface area contributed by atoms with Crippen LogP contribution in [0.25, 0.3) is 11.1 Å². The van der Waals surface area contributed by atoms with Crippen LogP contribution in [0.15, 0.2) is 46.9 Å². The summed E-state index contributed by atoms with van der Waals surface area (Å²) in [6.45, 7) is 3.92. The Labute approximate surface area is 180 Å². The molecule has 0 unspecified atom stereocenters. The monoisotopic (exact) mass is 426 g/mol. The molecule has 0 bridgehead atoms. The van der Waals surface area contributed by atoms with Gasteiger partial charge in [0.15, 0.2) is 6.61 Å². The van der Waals surface area contributed by atoms with E-state index in [1.165, 1.54) is 0 Å². The minimum Gasteiger partial charge on any atom is -0.482 e. The highest BCUT2D eigenvalue weighted by molar-refractivity contribution is 5.95. The molecule has 0 spiro atoms. The standard InChI is InChI=1S/C14H12N2O2.C7H14N4O2/c1-9-2-3-11(7-15-9)10-4-5-12-13(6-10)18-8-14(17)16-12;1-2-3-5(7(12)13)4-6(8)10-11-9/h2-7H,8H2,1H3,(H,16,17);5H,2-4H2,1H3,(H,12,13)(H3,8,9,10)/t;5-/m.0/s1. The number of nitrogens with one attached hydrogen (secondary N) is 2. The molecule has 1 atom stereocenters. The summed E-state index contributed by atoms with van der Waals surface area (Å²) in [6.07, 6.45) is 3.23. The lowest BCUT2D eigenvalue weighted by atomic mass is 10.00. The number of aliphatic carboxylic acids is 1. The molecule has 10 nitrogen and oxygen atoms in total. The molecule has 2 heterocycles. The van der Waals surface area contributed by atoms with Crippen molar-refractivity contribution in [2.75, 3.05) is 11.9 Å². The third-order valence-electron chi connectivity index (χ3n) is 4.46. The minimum absolute atomic E-state index is 0.0720. The van der Waals surface area contributed by atoms with Crippen LogP contribution in [-0.4, -0.2) is 34.4 Å². The van der Waals surface area contributed by atoms with Crippen LogP contribution in [0, 0.1) is 18.3 Å². The SMILES string of the molecule is CCC[C@@H](CC(=N)N=NN)C(=O)O.Cc1ccc(-c2ccc3c(c2)OCC(=O)N3)cn1. The van der Waals surface area contributed by atoms with Crippen LogP contribution in [0.3, 0.4) is 0 Å². The summed E-state index contributed by atoms with van der Waals surface area (Å²) >= 11 is 0. The highest BCUT2D eigenvalue weighted by atomic mass is 16.5. The molecule has 31 heavy (non-hydrogen) atoms. The van der Waals surface area contributed by atoms with E-state index in [9.17, 15) is 9.59 Å². The number of rotatable bonds is 6. The molecule has 10 heteroatoms. The molecule has 1 amide bonds. The van der Waals surface area contributed by atoms with E-state index in [0.29, 0.717) is 12.2 Å². The van der Waals surface area contributed by atoms with Gasteiger partial charge in [-0.2, -0.15) is 0 Å². The van der Waals surface area contributed by atoms with Gasteiger partial charge in [-0.15, -0.1) is 5.11 Å². The average Bonchev–Trinajstić information content (AvgIpc) is 2.74. The van der Waals surface area contributed by atoms with Crippen LogP contribution in [0.5, 0.6) is 5.75 Å². The van der Waals surface area contributed by atoms with Crippen molar-refractivity contribution in [3.8, 4) is 16.9 Å². The summed E-state index contributed by atoms with van der Waals surface area (Å²) in [6, 6.07) is 9.70. The molecule has 2 aromatic rings. The summed E-state index contributed by atoms with van der Waals surface area (Å²) in [4.78, 5) is 26.1. The quantitative estimate of drug-likeness (QED) is 0.181. The zero-order chi connectivity index (χ0) is 22.8. The van der Waals surface area contributed by atoms with E-state index in [4.69, 9.17) is 21.1 Å². The predicted molar refractivity (Wildman–Crippen MR) is 116 cm³/mol. The maximum Gasteiger partial charge on any atom is 0.306 e. The lowest BCUT2D eigenvalue weighted by Crippen LogP contribution is -2.25. The number of pyridine rings is 1. The van der Waals surface area contributed by atoms with Crippen molar-refractivity contribution in [1.29, 1.82) is 5.41 Å². The predicted octanol–water partition coefficient (Wildman–Crippen LogP) is 3.57. The number of hydrogen-bond acceptors (Lipinski definition) is 6. The van der Waals surface area contributed by atoms with Gasteiger partial charge in [-0.1, -0.05) is 30.7 Å². The first-order valence-electron chi connectivity index (χ1n) is 9.75. The zero-order valence-corrected chi connectivity index (χ0v) is 17.5. The normalized spacial score (nSPS) is 13.3. The topological polar surface area (TPSA) is 163 Å². The van der Waals surface area contributed by atoms with Gasteiger partial charge in [0.25, 0.3) is 5.91 Å². The van der Waals surface area contributed by atoms with Gasteiger partial charge in [0.2, 0.25) is 0 Å². The van der Waals surface area contributed by atoms with Crippen LogP contribution >= 0.6 is 0 Å². The van der Waals surface area contributed by atoms with Gasteiger partial charge in [-0.05, 0) is 37.1 Å². The van der Waals surface area contributed by atoms with Crippen LogP contribution in [0.4, 0.5) is 5.69 Å². The second-order valence-corrected chi connectivity index (χ2v) is 6.93. The third-order valence-corrected chi connectivity index (χ3v) is 4.46. The number of aryl methyl sites for hydroxylation is 1. The number of carbonyl (C=O) groups is 2. The number of nitrogens with zero attached hydrogens (tertiary/aromatic N) is 3. The maximum absolute atomic E-state index is 11.2. The van der Waals surface area contributed by atoms with E-state index in [0.717, 1.165) is 28.9 Å². The fourth-order valence-corrected chi connectivity index (χ4v) is 2.90. The van der Waals surface area contributed by atoms with Crippen molar-refractivity contribution >= 4 is 23.4 Å². The fourth-order valence-electron chi connectivity index (χ4n) is 2.90. The number of nitrogens with two attached hydrogens (primary N) is 1. The largest absolute Gasteiger partial charge is 0.482 e. The summed E-state index contributed by atoms with van der Waals surface area (Å²) in [7, 11) is 0. The van der Waals surface area contributed by atoms with Crippen molar-refractivity contribution in [3.63, 3.8) is 0 Å². The molecule has 0 saturated heterocycles. The van der Waals surface area contributed by atoms with Gasteiger partial charge in [-0.3, -0.25) is 20.0 Å². The molecule has 3 rings (SSSR count). The van der Waals surface area contributed by atoms with Gasteiger partial charge in [0, 0.05) is 23.9 Å². The van der Waals surface area contributed by atoms with E-state index in [2.05, 4.69) is 20.6 Å². The van der Waals surface area contributed by atoms with Crippen LogP contribution in [-0.2, 0) is 9.59 Å². The van der Waals surface area contributed by atoms with Crippen molar-refractivity contribution in [3.05, 3.63) is 42.2 Å². The Balaban J connectivity index is 0.000000235. The Hall–Kier alpha value is -3.82. The Kier molecular flexibility index (Phi) is 8.62. The Morgan fingerprint density at radius 1 is 1.35 bits per heavy atom. The summed E-state index contributed by atoms with van der Waals surface area (Å²) in [5.74, 6) is 3.76. The highest BCUT2D eigenvalue weighted by Gasteiger charge is 2.18. The molecule has 0 radical (unpaired) electrons. The lowest BCUT2D eigenvalue weighted by molar-refractivity contribution is -0.141. The number of carboxylic acid groups (broad SMARTS) is 1.